The second-order valence-corrected chi connectivity index (χ2v) is 7.41. The Balaban J connectivity index is 2.05. The number of amides is 1. The number of rotatable bonds is 1. The first-order valence-electron chi connectivity index (χ1n) is 7.37. The molecule has 0 aliphatic carbocycles. The summed E-state index contributed by atoms with van der Waals surface area (Å²) in [6.45, 7) is 9.67. The first kappa shape index (κ1) is 17.2. The highest BCUT2D eigenvalue weighted by atomic mass is 35.5. The van der Waals surface area contributed by atoms with Gasteiger partial charge in [-0.1, -0.05) is 23.2 Å². The van der Waals surface area contributed by atoms with Crippen LogP contribution in [-0.4, -0.2) is 42.3 Å². The number of benzene rings is 1. The highest BCUT2D eigenvalue weighted by Crippen LogP contribution is 2.30. The maximum atomic E-state index is 12.2. The summed E-state index contributed by atoms with van der Waals surface area (Å²) >= 11 is 12.2. The maximum Gasteiger partial charge on any atom is 0.410 e. The van der Waals surface area contributed by atoms with Gasteiger partial charge in [-0.2, -0.15) is 0 Å². The van der Waals surface area contributed by atoms with Crippen molar-refractivity contribution in [3.05, 3.63) is 28.2 Å². The highest BCUT2D eigenvalue weighted by Gasteiger charge is 2.31. The summed E-state index contributed by atoms with van der Waals surface area (Å²) in [5.74, 6) is 0. The zero-order chi connectivity index (χ0) is 16.5. The molecular formula is C16H22Cl2N2O2. The van der Waals surface area contributed by atoms with Crippen molar-refractivity contribution in [1.29, 1.82) is 0 Å². The van der Waals surface area contributed by atoms with Crippen molar-refractivity contribution in [3.63, 3.8) is 0 Å². The van der Waals surface area contributed by atoms with E-state index >= 15 is 0 Å². The van der Waals surface area contributed by atoms with Crippen molar-refractivity contribution < 1.29 is 9.53 Å². The molecule has 0 radical (unpaired) electrons. The third kappa shape index (κ3) is 4.20. The fraction of sp³-hybridized carbons (Fsp3) is 0.562. The van der Waals surface area contributed by atoms with Gasteiger partial charge < -0.3 is 14.5 Å². The van der Waals surface area contributed by atoms with Crippen molar-refractivity contribution in [3.8, 4) is 0 Å². The normalized spacial score (nSPS) is 19.3. The number of carbonyl (C=O) groups is 1. The molecule has 122 valence electrons. The van der Waals surface area contributed by atoms with E-state index in [1.165, 1.54) is 0 Å². The van der Waals surface area contributed by atoms with E-state index in [4.69, 9.17) is 27.9 Å². The molecule has 4 nitrogen and oxygen atoms in total. The molecule has 0 aromatic heterocycles. The summed E-state index contributed by atoms with van der Waals surface area (Å²) in [6, 6.07) is 5.53. The second-order valence-electron chi connectivity index (χ2n) is 6.56. The average Bonchev–Trinajstić information content (AvgIpc) is 2.36. The highest BCUT2D eigenvalue weighted by molar-refractivity contribution is 6.36. The molecule has 6 heteroatoms. The quantitative estimate of drug-likeness (QED) is 0.754. The van der Waals surface area contributed by atoms with E-state index in [9.17, 15) is 4.79 Å². The number of nitrogens with zero attached hydrogens (tertiary/aromatic N) is 2. The Morgan fingerprint density at radius 3 is 2.50 bits per heavy atom. The van der Waals surface area contributed by atoms with Gasteiger partial charge in [0.15, 0.2) is 0 Å². The van der Waals surface area contributed by atoms with Gasteiger partial charge in [-0.3, -0.25) is 0 Å². The zero-order valence-corrected chi connectivity index (χ0v) is 14.9. The second kappa shape index (κ2) is 6.55. The number of piperazine rings is 1. The van der Waals surface area contributed by atoms with Crippen LogP contribution in [0.25, 0.3) is 0 Å². The molecule has 1 amide bonds. The molecule has 1 unspecified atom stereocenters. The summed E-state index contributed by atoms with van der Waals surface area (Å²) in [6.07, 6.45) is -0.262. The summed E-state index contributed by atoms with van der Waals surface area (Å²) in [5, 5.41) is 1.25. The molecule has 0 spiro atoms. The topological polar surface area (TPSA) is 32.8 Å². The summed E-state index contributed by atoms with van der Waals surface area (Å²) in [7, 11) is 0. The monoisotopic (exact) mass is 344 g/mol. The van der Waals surface area contributed by atoms with E-state index in [2.05, 4.69) is 4.90 Å². The number of hydrogen-bond acceptors (Lipinski definition) is 3. The van der Waals surface area contributed by atoms with Gasteiger partial charge in [-0.05, 0) is 45.9 Å². The molecule has 1 aliphatic rings. The minimum Gasteiger partial charge on any atom is -0.444 e. The molecule has 1 aromatic carbocycles. The Kier molecular flexibility index (Phi) is 5.13. The van der Waals surface area contributed by atoms with Crippen LogP contribution >= 0.6 is 23.2 Å². The van der Waals surface area contributed by atoms with Gasteiger partial charge in [-0.25, -0.2) is 4.79 Å². The molecule has 1 aliphatic heterocycles. The van der Waals surface area contributed by atoms with Crippen LogP contribution < -0.4 is 4.90 Å². The Labute approximate surface area is 141 Å². The molecule has 2 rings (SSSR count). The Morgan fingerprint density at radius 1 is 1.27 bits per heavy atom. The van der Waals surface area contributed by atoms with E-state index in [1.54, 1.807) is 11.0 Å². The first-order chi connectivity index (χ1) is 10.2. The maximum absolute atomic E-state index is 12.2. The smallest absolute Gasteiger partial charge is 0.410 e. The van der Waals surface area contributed by atoms with Gasteiger partial charge in [0.1, 0.15) is 5.60 Å². The van der Waals surface area contributed by atoms with Gasteiger partial charge in [0, 0.05) is 30.7 Å². The lowest BCUT2D eigenvalue weighted by atomic mass is 10.1. The molecule has 1 atom stereocenters. The molecule has 0 N–H and O–H groups in total. The van der Waals surface area contributed by atoms with E-state index in [0.29, 0.717) is 29.7 Å². The van der Waals surface area contributed by atoms with Crippen LogP contribution in [-0.2, 0) is 4.74 Å². The van der Waals surface area contributed by atoms with E-state index in [1.807, 2.05) is 39.8 Å². The van der Waals surface area contributed by atoms with Crippen molar-refractivity contribution >= 4 is 35.0 Å². The SMILES string of the molecule is CC1CN(c2ccc(Cl)cc2Cl)CCN1C(=O)OC(C)(C)C. The molecular weight excluding hydrogens is 323 g/mol. The molecule has 0 bridgehead atoms. The van der Waals surface area contributed by atoms with E-state index < -0.39 is 5.60 Å². The van der Waals surface area contributed by atoms with E-state index in [-0.39, 0.29) is 12.1 Å². The fourth-order valence-corrected chi connectivity index (χ4v) is 3.03. The zero-order valence-electron chi connectivity index (χ0n) is 13.4. The lowest BCUT2D eigenvalue weighted by Gasteiger charge is -2.41. The minimum atomic E-state index is -0.479. The first-order valence-corrected chi connectivity index (χ1v) is 8.12. The van der Waals surface area contributed by atoms with Crippen LogP contribution in [0.5, 0.6) is 0 Å². The molecule has 1 heterocycles. The standard InChI is InChI=1S/C16H22Cl2N2O2/c1-11-10-19(14-6-5-12(17)9-13(14)18)7-8-20(11)15(21)22-16(2,3)4/h5-6,9,11H,7-8,10H2,1-4H3. The van der Waals surface area contributed by atoms with Crippen molar-refractivity contribution in [1.82, 2.24) is 4.90 Å². The summed E-state index contributed by atoms with van der Waals surface area (Å²) in [5.41, 5.74) is 0.467. The van der Waals surface area contributed by atoms with Crippen LogP contribution in [0.4, 0.5) is 10.5 Å². The van der Waals surface area contributed by atoms with Gasteiger partial charge in [0.25, 0.3) is 0 Å². The Morgan fingerprint density at radius 2 is 1.95 bits per heavy atom. The third-order valence-corrected chi connectivity index (χ3v) is 4.04. The molecule has 1 saturated heterocycles. The van der Waals surface area contributed by atoms with Crippen LogP contribution in [0.15, 0.2) is 18.2 Å². The van der Waals surface area contributed by atoms with Crippen LogP contribution in [0.2, 0.25) is 10.0 Å². The van der Waals surface area contributed by atoms with Crippen molar-refractivity contribution in [2.45, 2.75) is 39.3 Å². The van der Waals surface area contributed by atoms with Gasteiger partial charge in [0.05, 0.1) is 10.7 Å². The van der Waals surface area contributed by atoms with Crippen molar-refractivity contribution in [2.24, 2.45) is 0 Å². The number of halogens is 2. The molecule has 1 fully saturated rings. The van der Waals surface area contributed by atoms with E-state index in [0.717, 1.165) is 5.69 Å². The Bertz CT molecular complexity index is 558. The number of ether oxygens (including phenoxy) is 1. The lowest BCUT2D eigenvalue weighted by molar-refractivity contribution is 0.0159. The molecule has 1 aromatic rings. The fourth-order valence-electron chi connectivity index (χ4n) is 2.51. The number of anilines is 1. The predicted molar refractivity (Wildman–Crippen MR) is 91.1 cm³/mol. The van der Waals surface area contributed by atoms with Gasteiger partial charge in [-0.15, -0.1) is 0 Å². The molecule has 0 saturated carbocycles. The largest absolute Gasteiger partial charge is 0.444 e. The predicted octanol–water partition coefficient (Wildman–Crippen LogP) is 4.44. The van der Waals surface area contributed by atoms with Crippen LogP contribution in [0, 0.1) is 0 Å². The van der Waals surface area contributed by atoms with Gasteiger partial charge >= 0.3 is 6.09 Å². The minimum absolute atomic E-state index is 0.0512. The number of hydrogen-bond donors (Lipinski definition) is 0. The number of carbonyl (C=O) groups excluding carboxylic acids is 1. The van der Waals surface area contributed by atoms with Gasteiger partial charge in [0.2, 0.25) is 0 Å². The average molecular weight is 345 g/mol. The van der Waals surface area contributed by atoms with Crippen molar-refractivity contribution in [2.75, 3.05) is 24.5 Å². The summed E-state index contributed by atoms with van der Waals surface area (Å²) < 4.78 is 5.45. The molecule has 22 heavy (non-hydrogen) atoms. The summed E-state index contributed by atoms with van der Waals surface area (Å²) in [4.78, 5) is 16.2. The Hall–Kier alpha value is -1.13. The van der Waals surface area contributed by atoms with Crippen LogP contribution in [0.1, 0.15) is 27.7 Å². The lowest BCUT2D eigenvalue weighted by Crippen LogP contribution is -2.55. The van der Waals surface area contributed by atoms with Crippen LogP contribution in [0.3, 0.4) is 0 Å². The third-order valence-electron chi connectivity index (χ3n) is 3.51.